The number of rotatable bonds is 5. The van der Waals surface area contributed by atoms with Crippen LogP contribution in [0.25, 0.3) is 11.1 Å². The van der Waals surface area contributed by atoms with Gasteiger partial charge < -0.3 is 14.5 Å². The fourth-order valence-corrected chi connectivity index (χ4v) is 4.29. The number of halogens is 1. The summed E-state index contributed by atoms with van der Waals surface area (Å²) in [6, 6.07) is 10.5. The first kappa shape index (κ1) is 16.8. The van der Waals surface area contributed by atoms with Gasteiger partial charge in [-0.3, -0.25) is 0 Å². The Morgan fingerprint density at radius 1 is 1.23 bits per heavy atom. The molecule has 1 aliphatic rings. The van der Waals surface area contributed by atoms with Crippen molar-refractivity contribution in [2.45, 2.75) is 10.9 Å². The lowest BCUT2D eigenvalue weighted by Crippen LogP contribution is -2.56. The van der Waals surface area contributed by atoms with Crippen LogP contribution in [0.5, 0.6) is 5.75 Å². The molecule has 0 radical (unpaired) electrons. The fraction of sp³-hybridized carbons (Fsp3) is 0.235. The molecule has 2 aromatic carbocycles. The maximum atomic E-state index is 13.2. The van der Waals surface area contributed by atoms with E-state index in [1.807, 2.05) is 0 Å². The molecule has 7 nitrogen and oxygen atoms in total. The minimum atomic E-state index is -3.55. The van der Waals surface area contributed by atoms with E-state index in [1.165, 1.54) is 41.7 Å². The lowest BCUT2D eigenvalue weighted by Gasteiger charge is -2.37. The molecule has 0 atom stereocenters. The number of hydrogen-bond donors (Lipinski definition) is 1. The molecule has 0 bridgehead atoms. The number of aromatic nitrogens is 1. The van der Waals surface area contributed by atoms with Crippen molar-refractivity contribution in [3.8, 4) is 5.75 Å². The van der Waals surface area contributed by atoms with Gasteiger partial charge in [0.1, 0.15) is 17.1 Å². The first-order valence-electron chi connectivity index (χ1n) is 7.92. The summed E-state index contributed by atoms with van der Waals surface area (Å²) in [6.45, 7) is 0.586. The Balaban J connectivity index is 1.42. The van der Waals surface area contributed by atoms with Crippen LogP contribution < -0.4 is 10.1 Å². The number of anilines is 1. The molecule has 9 heteroatoms. The number of ether oxygens (including phenoxy) is 1. The quantitative estimate of drug-likeness (QED) is 0.735. The van der Waals surface area contributed by atoms with Gasteiger partial charge in [0.05, 0.1) is 18.0 Å². The smallest absolute Gasteiger partial charge is 0.295 e. The topological polar surface area (TPSA) is 84.7 Å². The second-order valence-electron chi connectivity index (χ2n) is 5.97. The third kappa shape index (κ3) is 2.99. The van der Waals surface area contributed by atoms with Crippen LogP contribution in [0.3, 0.4) is 0 Å². The Labute approximate surface area is 149 Å². The Kier molecular flexibility index (Phi) is 4.04. The monoisotopic (exact) mass is 377 g/mol. The highest BCUT2D eigenvalue weighted by atomic mass is 32.2. The van der Waals surface area contributed by atoms with E-state index in [0.717, 1.165) is 0 Å². The van der Waals surface area contributed by atoms with Crippen molar-refractivity contribution >= 4 is 27.1 Å². The van der Waals surface area contributed by atoms with E-state index in [9.17, 15) is 12.8 Å². The summed E-state index contributed by atoms with van der Waals surface area (Å²) in [5.41, 5.74) is 0.880. The number of oxazole rings is 1. The second kappa shape index (κ2) is 6.26. The zero-order valence-electron chi connectivity index (χ0n) is 13.8. The van der Waals surface area contributed by atoms with Crippen LogP contribution in [0.15, 0.2) is 51.8 Å². The van der Waals surface area contributed by atoms with Gasteiger partial charge in [0.15, 0.2) is 5.58 Å². The van der Waals surface area contributed by atoms with Crippen molar-refractivity contribution in [3.63, 3.8) is 0 Å². The summed E-state index contributed by atoms with van der Waals surface area (Å²) in [5.74, 6) is 0.206. The molecule has 3 aromatic rings. The third-order valence-electron chi connectivity index (χ3n) is 4.22. The molecule has 1 N–H and O–H groups in total. The SMILES string of the molecule is COc1ccc(S(=O)(=O)N2CC(Nc3nc4cc(F)ccc4o3)C2)cc1. The summed E-state index contributed by atoms with van der Waals surface area (Å²) in [7, 11) is -2.02. The highest BCUT2D eigenvalue weighted by Gasteiger charge is 2.37. The van der Waals surface area contributed by atoms with Gasteiger partial charge in [-0.05, 0) is 36.4 Å². The average Bonchev–Trinajstić information content (AvgIpc) is 2.99. The van der Waals surface area contributed by atoms with E-state index >= 15 is 0 Å². The number of fused-ring (bicyclic) bond motifs is 1. The highest BCUT2D eigenvalue weighted by Crippen LogP contribution is 2.26. The van der Waals surface area contributed by atoms with Crippen molar-refractivity contribution in [2.75, 3.05) is 25.5 Å². The molecular formula is C17H16FN3O4S. The molecule has 2 heterocycles. The van der Waals surface area contributed by atoms with E-state index in [4.69, 9.17) is 9.15 Å². The van der Waals surface area contributed by atoms with Gasteiger partial charge in [0.25, 0.3) is 6.01 Å². The van der Waals surface area contributed by atoms with Crippen LogP contribution in [0.4, 0.5) is 10.4 Å². The number of nitrogens with one attached hydrogen (secondary N) is 1. The predicted octanol–water partition coefficient (Wildman–Crippen LogP) is 2.46. The first-order valence-corrected chi connectivity index (χ1v) is 9.36. The van der Waals surface area contributed by atoms with Gasteiger partial charge in [-0.2, -0.15) is 9.29 Å². The largest absolute Gasteiger partial charge is 0.497 e. The van der Waals surface area contributed by atoms with Crippen LogP contribution in [-0.4, -0.2) is 43.9 Å². The summed E-state index contributed by atoms with van der Waals surface area (Å²) >= 11 is 0. The number of benzene rings is 2. The number of methoxy groups -OCH3 is 1. The molecule has 1 saturated heterocycles. The molecular weight excluding hydrogens is 361 g/mol. The lowest BCUT2D eigenvalue weighted by atomic mass is 10.2. The summed E-state index contributed by atoms with van der Waals surface area (Å²) in [6.07, 6.45) is 0. The Morgan fingerprint density at radius 3 is 2.65 bits per heavy atom. The van der Waals surface area contributed by atoms with Crippen molar-refractivity contribution in [3.05, 3.63) is 48.3 Å². The lowest BCUT2D eigenvalue weighted by molar-refractivity contribution is 0.277. The van der Waals surface area contributed by atoms with Gasteiger partial charge in [0.2, 0.25) is 10.0 Å². The predicted molar refractivity (Wildman–Crippen MR) is 93.1 cm³/mol. The standard InChI is InChI=1S/C17H16FN3O4S/c1-24-13-3-5-14(6-4-13)26(22,23)21-9-12(10-21)19-17-20-15-8-11(18)2-7-16(15)25-17/h2-8,12H,9-10H2,1H3,(H,19,20). The maximum absolute atomic E-state index is 13.2. The van der Waals surface area contributed by atoms with Gasteiger partial charge in [0, 0.05) is 19.2 Å². The summed E-state index contributed by atoms with van der Waals surface area (Å²) in [5, 5.41) is 3.03. The van der Waals surface area contributed by atoms with Crippen LogP contribution >= 0.6 is 0 Å². The molecule has 0 saturated carbocycles. The minimum Gasteiger partial charge on any atom is -0.497 e. The summed E-state index contributed by atoms with van der Waals surface area (Å²) in [4.78, 5) is 4.38. The fourth-order valence-electron chi connectivity index (χ4n) is 2.76. The van der Waals surface area contributed by atoms with Gasteiger partial charge in [-0.15, -0.1) is 0 Å². The zero-order valence-corrected chi connectivity index (χ0v) is 14.7. The molecule has 1 fully saturated rings. The maximum Gasteiger partial charge on any atom is 0.295 e. The third-order valence-corrected chi connectivity index (χ3v) is 6.07. The molecule has 0 aliphatic carbocycles. The van der Waals surface area contributed by atoms with Crippen molar-refractivity contribution in [1.29, 1.82) is 0 Å². The normalized spacial score (nSPS) is 15.8. The number of sulfonamides is 1. The van der Waals surface area contributed by atoms with Crippen LogP contribution in [-0.2, 0) is 10.0 Å². The van der Waals surface area contributed by atoms with Gasteiger partial charge in [-0.1, -0.05) is 0 Å². The number of nitrogens with zero attached hydrogens (tertiary/aromatic N) is 2. The summed E-state index contributed by atoms with van der Waals surface area (Å²) < 4.78 is 50.2. The van der Waals surface area contributed by atoms with E-state index in [2.05, 4.69) is 10.3 Å². The molecule has 1 aliphatic heterocycles. The van der Waals surface area contributed by atoms with Crippen LogP contribution in [0.1, 0.15) is 0 Å². The molecule has 0 unspecified atom stereocenters. The Hall–Kier alpha value is -2.65. The van der Waals surface area contributed by atoms with E-state index in [-0.39, 0.29) is 17.0 Å². The number of hydrogen-bond acceptors (Lipinski definition) is 6. The van der Waals surface area contributed by atoms with E-state index < -0.39 is 15.8 Å². The van der Waals surface area contributed by atoms with E-state index in [1.54, 1.807) is 12.1 Å². The Bertz CT molecular complexity index is 1040. The second-order valence-corrected chi connectivity index (χ2v) is 7.91. The molecule has 26 heavy (non-hydrogen) atoms. The van der Waals surface area contributed by atoms with Crippen molar-refractivity contribution < 1.29 is 22.0 Å². The van der Waals surface area contributed by atoms with Gasteiger partial charge in [-0.25, -0.2) is 12.8 Å². The molecule has 4 rings (SSSR count). The van der Waals surface area contributed by atoms with Crippen LogP contribution in [0, 0.1) is 5.82 Å². The highest BCUT2D eigenvalue weighted by molar-refractivity contribution is 7.89. The van der Waals surface area contributed by atoms with Crippen molar-refractivity contribution in [2.24, 2.45) is 0 Å². The molecule has 0 spiro atoms. The minimum absolute atomic E-state index is 0.124. The Morgan fingerprint density at radius 2 is 1.96 bits per heavy atom. The molecule has 1 aromatic heterocycles. The van der Waals surface area contributed by atoms with Crippen LogP contribution in [0.2, 0.25) is 0 Å². The zero-order chi connectivity index (χ0) is 18.3. The van der Waals surface area contributed by atoms with Gasteiger partial charge >= 0.3 is 0 Å². The van der Waals surface area contributed by atoms with Crippen molar-refractivity contribution in [1.82, 2.24) is 9.29 Å². The molecule has 136 valence electrons. The van der Waals surface area contributed by atoms with E-state index in [0.29, 0.717) is 29.9 Å². The average molecular weight is 377 g/mol. The molecule has 0 amide bonds. The first-order chi connectivity index (χ1) is 12.5.